The number of carboxylic acid groups (broad SMARTS) is 1. The molecule has 3 atom stereocenters. The number of hydrogen-bond donors (Lipinski definition) is 2. The molecule has 1 aromatic carbocycles. The number of aliphatic carboxylic acids is 1. The van der Waals surface area contributed by atoms with Crippen molar-refractivity contribution in [3.8, 4) is 0 Å². The van der Waals surface area contributed by atoms with Gasteiger partial charge in [-0.05, 0) is 43.0 Å². The van der Waals surface area contributed by atoms with Gasteiger partial charge < -0.3 is 10.4 Å². The fourth-order valence-corrected chi connectivity index (χ4v) is 2.29. The van der Waals surface area contributed by atoms with Gasteiger partial charge in [-0.3, -0.25) is 9.59 Å². The summed E-state index contributed by atoms with van der Waals surface area (Å²) in [6.45, 7) is 1.59. The maximum atomic E-state index is 13.6. The van der Waals surface area contributed by atoms with Gasteiger partial charge in [-0.25, -0.2) is 8.78 Å². The molecule has 20 heavy (non-hydrogen) atoms. The van der Waals surface area contributed by atoms with Crippen LogP contribution < -0.4 is 5.32 Å². The van der Waals surface area contributed by atoms with Crippen LogP contribution in [-0.4, -0.2) is 23.0 Å². The predicted molar refractivity (Wildman–Crippen MR) is 67.1 cm³/mol. The van der Waals surface area contributed by atoms with Gasteiger partial charge in [-0.15, -0.1) is 0 Å². The van der Waals surface area contributed by atoms with Gasteiger partial charge in [0, 0.05) is 12.0 Å². The van der Waals surface area contributed by atoms with E-state index in [1.54, 1.807) is 6.92 Å². The number of hydrogen-bond acceptors (Lipinski definition) is 2. The summed E-state index contributed by atoms with van der Waals surface area (Å²) in [6.07, 6.45) is 0.281. The van der Waals surface area contributed by atoms with Crippen molar-refractivity contribution in [1.82, 2.24) is 5.32 Å². The third-order valence-corrected chi connectivity index (χ3v) is 3.35. The summed E-state index contributed by atoms with van der Waals surface area (Å²) in [5.74, 6) is -3.11. The summed E-state index contributed by atoms with van der Waals surface area (Å²) in [5, 5.41) is 11.2. The molecule has 0 saturated heterocycles. The van der Waals surface area contributed by atoms with Gasteiger partial charge in [-0.2, -0.15) is 0 Å². The Kier molecular flexibility index (Phi) is 4.01. The van der Waals surface area contributed by atoms with Gasteiger partial charge in [0.1, 0.15) is 11.6 Å². The highest BCUT2D eigenvalue weighted by Gasteiger charge is 2.45. The van der Waals surface area contributed by atoms with E-state index in [-0.39, 0.29) is 23.8 Å². The van der Waals surface area contributed by atoms with Crippen LogP contribution in [0.1, 0.15) is 31.2 Å². The number of amides is 1. The predicted octanol–water partition coefficient (Wildman–Crippen LogP) is 2.05. The molecule has 4 nitrogen and oxygen atoms in total. The van der Waals surface area contributed by atoms with E-state index in [9.17, 15) is 18.4 Å². The minimum absolute atomic E-state index is 0.169. The lowest BCUT2D eigenvalue weighted by molar-refractivity contribution is -0.137. The first kappa shape index (κ1) is 14.4. The zero-order valence-corrected chi connectivity index (χ0v) is 10.9. The Hall–Kier alpha value is -1.98. The molecule has 1 aromatic rings. The molecule has 1 aliphatic carbocycles. The van der Waals surface area contributed by atoms with Crippen molar-refractivity contribution in [3.05, 3.63) is 35.4 Å². The molecular weight excluding hydrogens is 268 g/mol. The Balaban J connectivity index is 1.95. The number of rotatable bonds is 5. The van der Waals surface area contributed by atoms with E-state index in [1.807, 2.05) is 0 Å². The van der Waals surface area contributed by atoms with Crippen LogP contribution in [0.5, 0.6) is 0 Å². The van der Waals surface area contributed by atoms with Gasteiger partial charge in [0.05, 0.1) is 6.42 Å². The number of halogens is 2. The fraction of sp³-hybridized carbons (Fsp3) is 0.429. The lowest BCUT2D eigenvalue weighted by atomic mass is 10.1. The molecule has 0 bridgehead atoms. The number of carbonyl (C=O) groups excluding carboxylic acids is 1. The molecule has 0 heterocycles. The van der Waals surface area contributed by atoms with Crippen LogP contribution in [-0.2, 0) is 9.59 Å². The minimum atomic E-state index is -0.999. The molecule has 3 unspecified atom stereocenters. The Labute approximate surface area is 114 Å². The van der Waals surface area contributed by atoms with Crippen molar-refractivity contribution in [1.29, 1.82) is 0 Å². The third-order valence-electron chi connectivity index (χ3n) is 3.35. The smallest absolute Gasteiger partial charge is 0.305 e. The van der Waals surface area contributed by atoms with Crippen molar-refractivity contribution in [3.63, 3.8) is 0 Å². The first-order chi connectivity index (χ1) is 9.38. The first-order valence-corrected chi connectivity index (χ1v) is 6.35. The van der Waals surface area contributed by atoms with Crippen LogP contribution in [0.15, 0.2) is 18.2 Å². The average Bonchev–Trinajstić information content (AvgIpc) is 3.11. The first-order valence-electron chi connectivity index (χ1n) is 6.35. The average molecular weight is 283 g/mol. The van der Waals surface area contributed by atoms with Gasteiger partial charge in [0.25, 0.3) is 0 Å². The molecule has 1 fully saturated rings. The van der Waals surface area contributed by atoms with E-state index in [2.05, 4.69) is 5.32 Å². The molecule has 6 heteroatoms. The van der Waals surface area contributed by atoms with E-state index in [0.29, 0.717) is 6.42 Å². The highest BCUT2D eigenvalue weighted by molar-refractivity contribution is 5.83. The van der Waals surface area contributed by atoms with Crippen LogP contribution in [0.2, 0.25) is 0 Å². The monoisotopic (exact) mass is 283 g/mol. The lowest BCUT2D eigenvalue weighted by Crippen LogP contribution is -2.35. The fourth-order valence-electron chi connectivity index (χ4n) is 2.29. The highest BCUT2D eigenvalue weighted by atomic mass is 19.1. The molecule has 0 aromatic heterocycles. The Morgan fingerprint density at radius 2 is 2.15 bits per heavy atom. The quantitative estimate of drug-likeness (QED) is 0.869. The van der Waals surface area contributed by atoms with Crippen LogP contribution in [0.4, 0.5) is 8.78 Å². The molecule has 1 aliphatic rings. The molecule has 0 radical (unpaired) electrons. The van der Waals surface area contributed by atoms with E-state index in [0.717, 1.165) is 18.2 Å². The molecule has 2 N–H and O–H groups in total. The Morgan fingerprint density at radius 3 is 2.80 bits per heavy atom. The van der Waals surface area contributed by atoms with Crippen molar-refractivity contribution in [2.75, 3.05) is 0 Å². The minimum Gasteiger partial charge on any atom is -0.481 e. The maximum Gasteiger partial charge on any atom is 0.305 e. The Morgan fingerprint density at radius 1 is 1.45 bits per heavy atom. The summed E-state index contributed by atoms with van der Waals surface area (Å²) in [4.78, 5) is 22.4. The van der Waals surface area contributed by atoms with Crippen LogP contribution >= 0.6 is 0 Å². The van der Waals surface area contributed by atoms with Crippen LogP contribution in [0.25, 0.3) is 0 Å². The second kappa shape index (κ2) is 5.56. The molecule has 1 saturated carbocycles. The van der Waals surface area contributed by atoms with Gasteiger partial charge in [-0.1, -0.05) is 0 Å². The largest absolute Gasteiger partial charge is 0.481 e. The number of carbonyl (C=O) groups is 2. The summed E-state index contributed by atoms with van der Waals surface area (Å²) < 4.78 is 26.6. The molecule has 0 aliphatic heterocycles. The van der Waals surface area contributed by atoms with Crippen molar-refractivity contribution in [2.45, 2.75) is 31.7 Å². The van der Waals surface area contributed by atoms with Gasteiger partial charge >= 0.3 is 5.97 Å². The van der Waals surface area contributed by atoms with E-state index < -0.39 is 29.6 Å². The summed E-state index contributed by atoms with van der Waals surface area (Å²) in [5.41, 5.74) is 0.205. The van der Waals surface area contributed by atoms with Gasteiger partial charge in [0.15, 0.2) is 0 Å². The number of carboxylic acids is 1. The maximum absolute atomic E-state index is 13.6. The van der Waals surface area contributed by atoms with E-state index >= 15 is 0 Å². The SMILES string of the molecule is CC(CC(=O)O)NC(=O)C1CC1c1cc(F)ccc1F. The number of benzene rings is 1. The molecule has 108 valence electrons. The molecule has 1 amide bonds. The Bertz CT molecular complexity index is 547. The second-order valence-electron chi connectivity index (χ2n) is 5.12. The van der Waals surface area contributed by atoms with Crippen molar-refractivity contribution >= 4 is 11.9 Å². The lowest BCUT2D eigenvalue weighted by Gasteiger charge is -2.11. The third kappa shape index (κ3) is 3.31. The van der Waals surface area contributed by atoms with Crippen molar-refractivity contribution in [2.24, 2.45) is 5.92 Å². The zero-order valence-electron chi connectivity index (χ0n) is 10.9. The topological polar surface area (TPSA) is 66.4 Å². The normalized spacial score (nSPS) is 22.1. The zero-order chi connectivity index (χ0) is 14.9. The second-order valence-corrected chi connectivity index (χ2v) is 5.12. The summed E-state index contributed by atoms with van der Waals surface area (Å²) >= 11 is 0. The summed E-state index contributed by atoms with van der Waals surface area (Å²) in [6, 6.07) is 2.70. The molecule has 2 rings (SSSR count). The van der Waals surface area contributed by atoms with E-state index in [4.69, 9.17) is 5.11 Å². The van der Waals surface area contributed by atoms with Crippen LogP contribution in [0.3, 0.4) is 0 Å². The summed E-state index contributed by atoms with van der Waals surface area (Å²) in [7, 11) is 0. The standard InChI is InChI=1S/C14H15F2NO3/c1-7(4-13(18)19)17-14(20)11-6-9(11)10-5-8(15)2-3-12(10)16/h2-3,5,7,9,11H,4,6H2,1H3,(H,17,20)(H,18,19). The number of nitrogens with one attached hydrogen (secondary N) is 1. The van der Waals surface area contributed by atoms with Crippen LogP contribution in [0, 0.1) is 17.6 Å². The molecule has 0 spiro atoms. The van der Waals surface area contributed by atoms with Crippen molar-refractivity contribution < 1.29 is 23.5 Å². The van der Waals surface area contributed by atoms with E-state index in [1.165, 1.54) is 0 Å². The highest BCUT2D eigenvalue weighted by Crippen LogP contribution is 2.48. The van der Waals surface area contributed by atoms with Gasteiger partial charge in [0.2, 0.25) is 5.91 Å². The molecular formula is C14H15F2NO3.